The zero-order valence-electron chi connectivity index (χ0n) is 13.0. The Kier molecular flexibility index (Phi) is 5.23. The third-order valence-electron chi connectivity index (χ3n) is 4.72. The molecule has 1 fully saturated rings. The van der Waals surface area contributed by atoms with E-state index in [1.807, 2.05) is 30.9 Å². The average molecular weight is 290 g/mol. The van der Waals surface area contributed by atoms with Crippen LogP contribution in [0.4, 0.5) is 0 Å². The number of hydrogen-bond donors (Lipinski definition) is 2. The summed E-state index contributed by atoms with van der Waals surface area (Å²) in [6, 6.07) is 7.12. The summed E-state index contributed by atoms with van der Waals surface area (Å²) in [5.74, 6) is 0.836. The number of rotatable bonds is 5. The predicted molar refractivity (Wildman–Crippen MR) is 83.8 cm³/mol. The van der Waals surface area contributed by atoms with Crippen LogP contribution in [0.25, 0.3) is 0 Å². The van der Waals surface area contributed by atoms with E-state index < -0.39 is 0 Å². The summed E-state index contributed by atoms with van der Waals surface area (Å²) in [7, 11) is 0. The molecule has 3 atom stereocenters. The topological polar surface area (TPSA) is 66.6 Å². The van der Waals surface area contributed by atoms with Crippen LogP contribution in [-0.2, 0) is 4.79 Å². The van der Waals surface area contributed by atoms with E-state index in [1.54, 1.807) is 12.1 Å². The van der Waals surface area contributed by atoms with Gasteiger partial charge in [-0.15, -0.1) is 0 Å². The van der Waals surface area contributed by atoms with Crippen LogP contribution < -0.4 is 5.73 Å². The lowest BCUT2D eigenvalue weighted by molar-refractivity contribution is -0.138. The van der Waals surface area contributed by atoms with Gasteiger partial charge in [-0.3, -0.25) is 4.79 Å². The molecular weight excluding hydrogens is 264 g/mol. The fourth-order valence-corrected chi connectivity index (χ4v) is 3.44. The molecule has 116 valence electrons. The lowest BCUT2D eigenvalue weighted by atomic mass is 9.93. The average Bonchev–Trinajstić information content (AvgIpc) is 2.96. The third kappa shape index (κ3) is 3.38. The Morgan fingerprint density at radius 1 is 1.48 bits per heavy atom. The zero-order valence-corrected chi connectivity index (χ0v) is 13.0. The number of carbonyl (C=O) groups is 1. The molecule has 1 aliphatic rings. The predicted octanol–water partition coefficient (Wildman–Crippen LogP) is 2.68. The Hall–Kier alpha value is -1.55. The molecule has 4 heteroatoms. The molecule has 1 amide bonds. The van der Waals surface area contributed by atoms with Crippen LogP contribution in [0.5, 0.6) is 5.75 Å². The van der Waals surface area contributed by atoms with Gasteiger partial charge in [-0.2, -0.15) is 0 Å². The number of aromatic hydroxyl groups is 1. The highest BCUT2D eigenvalue weighted by Gasteiger charge is 2.35. The van der Waals surface area contributed by atoms with E-state index in [9.17, 15) is 9.90 Å². The van der Waals surface area contributed by atoms with Gasteiger partial charge in [0, 0.05) is 12.5 Å². The van der Waals surface area contributed by atoms with Gasteiger partial charge in [-0.25, -0.2) is 0 Å². The first-order valence-corrected chi connectivity index (χ1v) is 7.88. The van der Waals surface area contributed by atoms with Crippen LogP contribution in [0.15, 0.2) is 24.3 Å². The molecule has 1 aromatic rings. The first kappa shape index (κ1) is 15.8. The van der Waals surface area contributed by atoms with E-state index in [4.69, 9.17) is 5.73 Å². The summed E-state index contributed by atoms with van der Waals surface area (Å²) in [5.41, 5.74) is 6.77. The summed E-state index contributed by atoms with van der Waals surface area (Å²) in [5, 5.41) is 9.63. The van der Waals surface area contributed by atoms with Crippen LogP contribution in [0, 0.1) is 11.8 Å². The summed E-state index contributed by atoms with van der Waals surface area (Å²) >= 11 is 0. The van der Waals surface area contributed by atoms with E-state index in [2.05, 4.69) is 0 Å². The Morgan fingerprint density at radius 2 is 2.24 bits per heavy atom. The van der Waals surface area contributed by atoms with Gasteiger partial charge in [-0.1, -0.05) is 18.6 Å². The zero-order chi connectivity index (χ0) is 15.4. The molecular formula is C17H26N2O2. The van der Waals surface area contributed by atoms with E-state index in [1.165, 1.54) is 0 Å². The standard InChI is InChI=1S/C17H26N2O2/c1-3-19(12(2)13-6-4-8-15(20)10-13)17(21)16-9-5-7-14(16)11-18/h4,6,8,10,12,14,16,20H,3,5,7,9,11,18H2,1-2H3. The maximum absolute atomic E-state index is 12.9. The first-order valence-electron chi connectivity index (χ1n) is 7.88. The van der Waals surface area contributed by atoms with E-state index in [0.717, 1.165) is 24.8 Å². The minimum Gasteiger partial charge on any atom is -0.508 e. The molecule has 0 bridgehead atoms. The van der Waals surface area contributed by atoms with Crippen molar-refractivity contribution in [2.24, 2.45) is 17.6 Å². The second-order valence-corrected chi connectivity index (χ2v) is 5.93. The highest BCUT2D eigenvalue weighted by molar-refractivity contribution is 5.80. The van der Waals surface area contributed by atoms with Crippen molar-refractivity contribution in [2.75, 3.05) is 13.1 Å². The van der Waals surface area contributed by atoms with Gasteiger partial charge in [0.2, 0.25) is 5.91 Å². The molecule has 1 saturated carbocycles. The number of benzene rings is 1. The first-order chi connectivity index (χ1) is 10.1. The molecule has 0 radical (unpaired) electrons. The molecule has 21 heavy (non-hydrogen) atoms. The van der Waals surface area contributed by atoms with Gasteiger partial charge in [0.1, 0.15) is 5.75 Å². The number of amides is 1. The fraction of sp³-hybridized carbons (Fsp3) is 0.588. The third-order valence-corrected chi connectivity index (χ3v) is 4.72. The van der Waals surface area contributed by atoms with Crippen LogP contribution in [0.2, 0.25) is 0 Å². The molecule has 0 saturated heterocycles. The van der Waals surface area contributed by atoms with Gasteiger partial charge in [0.25, 0.3) is 0 Å². The number of nitrogens with two attached hydrogens (primary N) is 1. The second-order valence-electron chi connectivity index (χ2n) is 5.93. The van der Waals surface area contributed by atoms with Crippen LogP contribution in [0.3, 0.4) is 0 Å². The van der Waals surface area contributed by atoms with Crippen molar-refractivity contribution in [2.45, 2.75) is 39.2 Å². The minimum absolute atomic E-state index is 0.0337. The van der Waals surface area contributed by atoms with Crippen molar-refractivity contribution >= 4 is 5.91 Å². The quantitative estimate of drug-likeness (QED) is 0.876. The summed E-state index contributed by atoms with van der Waals surface area (Å²) in [6.07, 6.45) is 3.10. The molecule has 2 rings (SSSR count). The SMILES string of the molecule is CCN(C(=O)C1CCCC1CN)C(C)c1cccc(O)c1. The van der Waals surface area contributed by atoms with Crippen molar-refractivity contribution in [3.8, 4) is 5.75 Å². The highest BCUT2D eigenvalue weighted by atomic mass is 16.3. The summed E-state index contributed by atoms with van der Waals surface area (Å²) in [4.78, 5) is 14.8. The van der Waals surface area contributed by atoms with Gasteiger partial charge in [0.05, 0.1) is 6.04 Å². The molecule has 0 heterocycles. The number of carbonyl (C=O) groups excluding carboxylic acids is 1. The van der Waals surface area contributed by atoms with Crippen molar-refractivity contribution in [3.05, 3.63) is 29.8 Å². The Balaban J connectivity index is 2.16. The molecule has 1 aliphatic carbocycles. The molecule has 1 aromatic carbocycles. The van der Waals surface area contributed by atoms with Crippen molar-refractivity contribution < 1.29 is 9.90 Å². The molecule has 3 unspecified atom stereocenters. The van der Waals surface area contributed by atoms with Crippen molar-refractivity contribution in [1.82, 2.24) is 4.90 Å². The maximum atomic E-state index is 12.9. The normalized spacial score (nSPS) is 23.0. The minimum atomic E-state index is -0.0337. The van der Waals surface area contributed by atoms with Gasteiger partial charge in [-0.05, 0) is 56.8 Å². The largest absolute Gasteiger partial charge is 0.508 e. The number of phenolic OH excluding ortho intramolecular Hbond substituents is 1. The summed E-state index contributed by atoms with van der Waals surface area (Å²) < 4.78 is 0. The van der Waals surface area contributed by atoms with Crippen molar-refractivity contribution in [3.63, 3.8) is 0 Å². The lowest BCUT2D eigenvalue weighted by Gasteiger charge is -2.32. The molecule has 3 N–H and O–H groups in total. The highest BCUT2D eigenvalue weighted by Crippen LogP contribution is 2.34. The smallest absolute Gasteiger partial charge is 0.226 e. The summed E-state index contributed by atoms with van der Waals surface area (Å²) in [6.45, 7) is 5.28. The van der Waals surface area contributed by atoms with Crippen molar-refractivity contribution in [1.29, 1.82) is 0 Å². The monoisotopic (exact) mass is 290 g/mol. The van der Waals surface area contributed by atoms with Crippen LogP contribution >= 0.6 is 0 Å². The fourth-order valence-electron chi connectivity index (χ4n) is 3.44. The number of hydrogen-bond acceptors (Lipinski definition) is 3. The lowest BCUT2D eigenvalue weighted by Crippen LogP contribution is -2.40. The van der Waals surface area contributed by atoms with Gasteiger partial charge < -0.3 is 15.7 Å². The molecule has 0 spiro atoms. The molecule has 4 nitrogen and oxygen atoms in total. The van der Waals surface area contributed by atoms with Crippen LogP contribution in [0.1, 0.15) is 44.7 Å². The Morgan fingerprint density at radius 3 is 2.86 bits per heavy atom. The van der Waals surface area contributed by atoms with Gasteiger partial charge >= 0.3 is 0 Å². The van der Waals surface area contributed by atoms with E-state index >= 15 is 0 Å². The molecule has 0 aliphatic heterocycles. The van der Waals surface area contributed by atoms with Gasteiger partial charge in [0.15, 0.2) is 0 Å². The Labute approximate surface area is 126 Å². The van der Waals surface area contributed by atoms with E-state index in [-0.39, 0.29) is 23.6 Å². The Bertz CT molecular complexity index is 489. The van der Waals surface area contributed by atoms with Crippen LogP contribution in [-0.4, -0.2) is 29.0 Å². The van der Waals surface area contributed by atoms with E-state index in [0.29, 0.717) is 19.0 Å². The molecule has 0 aromatic heterocycles. The maximum Gasteiger partial charge on any atom is 0.226 e. The number of nitrogens with zero attached hydrogens (tertiary/aromatic N) is 1. The number of phenols is 1. The second kappa shape index (κ2) is 6.94.